The van der Waals surface area contributed by atoms with Crippen LogP contribution >= 0.6 is 0 Å². The average molecular weight is 294 g/mol. The van der Waals surface area contributed by atoms with E-state index in [4.69, 9.17) is 10.00 Å². The molecule has 0 heterocycles. The monoisotopic (exact) mass is 294 g/mol. The molecule has 2 aromatic carbocycles. The Hall–Kier alpha value is -3.26. The molecule has 2 aromatic rings. The summed E-state index contributed by atoms with van der Waals surface area (Å²) in [7, 11) is 1.55. The van der Waals surface area contributed by atoms with Gasteiger partial charge in [-0.2, -0.15) is 5.26 Å². The highest BCUT2D eigenvalue weighted by molar-refractivity contribution is 6.09. The largest absolute Gasteiger partial charge is 0.508 e. The molecule has 2 N–H and O–H groups in total. The molecule has 0 saturated heterocycles. The highest BCUT2D eigenvalue weighted by Gasteiger charge is 2.09. The van der Waals surface area contributed by atoms with E-state index in [9.17, 15) is 9.90 Å². The summed E-state index contributed by atoms with van der Waals surface area (Å²) in [6, 6.07) is 14.9. The summed E-state index contributed by atoms with van der Waals surface area (Å²) < 4.78 is 5.03. The molecule has 0 aromatic heterocycles. The fourth-order valence-corrected chi connectivity index (χ4v) is 1.80. The van der Waals surface area contributed by atoms with Crippen LogP contribution in [0.5, 0.6) is 11.5 Å². The van der Waals surface area contributed by atoms with Gasteiger partial charge in [0, 0.05) is 5.69 Å². The molecule has 2 rings (SSSR count). The Morgan fingerprint density at radius 3 is 2.59 bits per heavy atom. The van der Waals surface area contributed by atoms with Crippen molar-refractivity contribution >= 4 is 17.7 Å². The number of carbonyl (C=O) groups excluding carboxylic acids is 1. The van der Waals surface area contributed by atoms with Crippen LogP contribution in [0, 0.1) is 11.3 Å². The number of aromatic hydroxyl groups is 1. The van der Waals surface area contributed by atoms with E-state index >= 15 is 0 Å². The third kappa shape index (κ3) is 3.87. The predicted molar refractivity (Wildman–Crippen MR) is 83.3 cm³/mol. The molecule has 0 atom stereocenters. The van der Waals surface area contributed by atoms with Gasteiger partial charge >= 0.3 is 0 Å². The number of phenols is 1. The molecule has 0 radical (unpaired) electrons. The zero-order valence-corrected chi connectivity index (χ0v) is 11.9. The molecule has 1 amide bonds. The fraction of sp³-hybridized carbons (Fsp3) is 0.0588. The van der Waals surface area contributed by atoms with Crippen molar-refractivity contribution in [2.45, 2.75) is 0 Å². The number of nitrogens with one attached hydrogen (secondary N) is 1. The quantitative estimate of drug-likeness (QED) is 0.671. The minimum absolute atomic E-state index is 0.0542. The van der Waals surface area contributed by atoms with Crippen LogP contribution in [0.25, 0.3) is 6.08 Å². The Morgan fingerprint density at radius 2 is 2.00 bits per heavy atom. The van der Waals surface area contributed by atoms with Gasteiger partial charge in [-0.05, 0) is 48.0 Å². The van der Waals surface area contributed by atoms with Crippen molar-refractivity contribution in [2.75, 3.05) is 12.4 Å². The Morgan fingerprint density at radius 1 is 1.27 bits per heavy atom. The summed E-state index contributed by atoms with van der Waals surface area (Å²) in [6.45, 7) is 0. The molecular weight excluding hydrogens is 280 g/mol. The molecule has 0 bridgehead atoms. The van der Waals surface area contributed by atoms with Crippen molar-refractivity contribution < 1.29 is 14.6 Å². The molecule has 0 aliphatic carbocycles. The Bertz CT molecular complexity index is 743. The Kier molecular flexibility index (Phi) is 4.78. The van der Waals surface area contributed by atoms with Crippen LogP contribution in [0.2, 0.25) is 0 Å². The molecule has 0 fully saturated rings. The normalized spacial score (nSPS) is 10.6. The topological polar surface area (TPSA) is 82.3 Å². The first kappa shape index (κ1) is 15.1. The maximum Gasteiger partial charge on any atom is 0.266 e. The summed E-state index contributed by atoms with van der Waals surface area (Å²) in [6.07, 6.45) is 1.42. The molecule has 5 nitrogen and oxygen atoms in total. The first-order valence-electron chi connectivity index (χ1n) is 6.48. The number of phenolic OH excluding ortho intramolecular Hbond substituents is 1. The number of nitrogens with zero attached hydrogens (tertiary/aromatic N) is 1. The minimum atomic E-state index is -0.518. The summed E-state index contributed by atoms with van der Waals surface area (Å²) in [5.74, 6) is 0.228. The van der Waals surface area contributed by atoms with Crippen LogP contribution < -0.4 is 10.1 Å². The lowest BCUT2D eigenvalue weighted by Crippen LogP contribution is -2.13. The number of benzene rings is 2. The molecule has 0 spiro atoms. The van der Waals surface area contributed by atoms with E-state index in [2.05, 4.69) is 5.32 Å². The molecule has 5 heteroatoms. The summed E-state index contributed by atoms with van der Waals surface area (Å²) in [5.41, 5.74) is 1.07. The predicted octanol–water partition coefficient (Wildman–Crippen LogP) is 2.95. The first-order chi connectivity index (χ1) is 10.6. The van der Waals surface area contributed by atoms with Gasteiger partial charge in [-0.15, -0.1) is 0 Å². The number of rotatable bonds is 4. The maximum atomic E-state index is 12.1. The van der Waals surface area contributed by atoms with E-state index in [0.717, 1.165) is 0 Å². The van der Waals surface area contributed by atoms with Gasteiger partial charge in [-0.1, -0.05) is 12.1 Å². The van der Waals surface area contributed by atoms with Crippen LogP contribution in [-0.2, 0) is 4.79 Å². The van der Waals surface area contributed by atoms with Crippen LogP contribution in [0.3, 0.4) is 0 Å². The van der Waals surface area contributed by atoms with E-state index in [1.54, 1.807) is 43.5 Å². The number of hydrogen-bond donors (Lipinski definition) is 2. The number of anilines is 1. The number of hydrogen-bond acceptors (Lipinski definition) is 4. The lowest BCUT2D eigenvalue weighted by Gasteiger charge is -2.05. The van der Waals surface area contributed by atoms with Crippen molar-refractivity contribution in [1.29, 1.82) is 5.26 Å². The Labute approximate surface area is 128 Å². The number of amides is 1. The van der Waals surface area contributed by atoms with E-state index in [1.165, 1.54) is 18.2 Å². The molecule has 0 saturated carbocycles. The van der Waals surface area contributed by atoms with Crippen LogP contribution in [0.15, 0.2) is 54.1 Å². The van der Waals surface area contributed by atoms with Gasteiger partial charge in [0.1, 0.15) is 23.1 Å². The van der Waals surface area contributed by atoms with Gasteiger partial charge < -0.3 is 15.2 Å². The van der Waals surface area contributed by atoms with E-state index in [1.807, 2.05) is 6.07 Å². The molecule has 110 valence electrons. The van der Waals surface area contributed by atoms with Crippen molar-refractivity contribution in [3.8, 4) is 17.6 Å². The van der Waals surface area contributed by atoms with Gasteiger partial charge in [0.2, 0.25) is 0 Å². The van der Waals surface area contributed by atoms with Crippen molar-refractivity contribution in [3.05, 3.63) is 59.7 Å². The van der Waals surface area contributed by atoms with Gasteiger partial charge in [0.25, 0.3) is 5.91 Å². The third-order valence-corrected chi connectivity index (χ3v) is 2.89. The number of methoxy groups -OCH3 is 1. The van der Waals surface area contributed by atoms with Crippen molar-refractivity contribution in [1.82, 2.24) is 0 Å². The standard InChI is InChI=1S/C17H14N2O3/c1-22-16-7-5-14(6-8-16)19-17(21)13(11-18)9-12-3-2-4-15(20)10-12/h2-10,20H,1H3,(H,19,21). The number of carbonyl (C=O) groups is 1. The molecule has 0 aliphatic rings. The molecular formula is C17H14N2O3. The van der Waals surface area contributed by atoms with Gasteiger partial charge in [-0.25, -0.2) is 0 Å². The van der Waals surface area contributed by atoms with Gasteiger partial charge in [-0.3, -0.25) is 4.79 Å². The molecule has 0 aliphatic heterocycles. The van der Waals surface area contributed by atoms with E-state index < -0.39 is 5.91 Å². The second-order valence-electron chi connectivity index (χ2n) is 4.45. The number of ether oxygens (including phenoxy) is 1. The zero-order chi connectivity index (χ0) is 15.9. The number of nitriles is 1. The van der Waals surface area contributed by atoms with E-state index in [0.29, 0.717) is 17.0 Å². The first-order valence-corrected chi connectivity index (χ1v) is 6.48. The molecule has 22 heavy (non-hydrogen) atoms. The minimum Gasteiger partial charge on any atom is -0.508 e. The van der Waals surface area contributed by atoms with Gasteiger partial charge in [0.15, 0.2) is 0 Å². The lowest BCUT2D eigenvalue weighted by molar-refractivity contribution is -0.112. The third-order valence-electron chi connectivity index (χ3n) is 2.89. The van der Waals surface area contributed by atoms with Crippen LogP contribution in [-0.4, -0.2) is 18.1 Å². The summed E-state index contributed by atoms with van der Waals surface area (Å²) in [4.78, 5) is 12.1. The summed E-state index contributed by atoms with van der Waals surface area (Å²) >= 11 is 0. The zero-order valence-electron chi connectivity index (χ0n) is 11.9. The Balaban J connectivity index is 2.16. The van der Waals surface area contributed by atoms with Gasteiger partial charge in [0.05, 0.1) is 7.11 Å². The van der Waals surface area contributed by atoms with Crippen LogP contribution in [0.4, 0.5) is 5.69 Å². The smallest absolute Gasteiger partial charge is 0.266 e. The average Bonchev–Trinajstić information content (AvgIpc) is 2.53. The highest BCUT2D eigenvalue weighted by Crippen LogP contribution is 2.17. The van der Waals surface area contributed by atoms with E-state index in [-0.39, 0.29) is 11.3 Å². The second-order valence-corrected chi connectivity index (χ2v) is 4.45. The second kappa shape index (κ2) is 6.95. The van der Waals surface area contributed by atoms with Crippen LogP contribution in [0.1, 0.15) is 5.56 Å². The SMILES string of the molecule is COc1ccc(NC(=O)C(C#N)=Cc2cccc(O)c2)cc1. The van der Waals surface area contributed by atoms with Crippen molar-refractivity contribution in [3.63, 3.8) is 0 Å². The van der Waals surface area contributed by atoms with Crippen molar-refractivity contribution in [2.24, 2.45) is 0 Å². The summed E-state index contributed by atoms with van der Waals surface area (Å²) in [5, 5.41) is 21.2. The molecule has 0 unspecified atom stereocenters. The lowest BCUT2D eigenvalue weighted by atomic mass is 10.1. The highest BCUT2D eigenvalue weighted by atomic mass is 16.5. The maximum absolute atomic E-state index is 12.1. The fourth-order valence-electron chi connectivity index (χ4n) is 1.80.